The van der Waals surface area contributed by atoms with Gasteiger partial charge in [-0.1, -0.05) is 24.0 Å². The van der Waals surface area contributed by atoms with E-state index in [9.17, 15) is 0 Å². The van der Waals surface area contributed by atoms with Crippen LogP contribution in [0.4, 0.5) is 0 Å². The Morgan fingerprint density at radius 1 is 1.10 bits per heavy atom. The van der Waals surface area contributed by atoms with Crippen LogP contribution in [0.15, 0.2) is 24.3 Å². The lowest BCUT2D eigenvalue weighted by Crippen LogP contribution is -2.28. The van der Waals surface area contributed by atoms with Crippen molar-refractivity contribution in [2.75, 3.05) is 39.8 Å². The Bertz CT molecular complexity index is 458. The predicted molar refractivity (Wildman–Crippen MR) is 82.4 cm³/mol. The Morgan fingerprint density at radius 2 is 1.90 bits per heavy atom. The van der Waals surface area contributed by atoms with E-state index in [-0.39, 0.29) is 6.61 Å². The lowest BCUT2D eigenvalue weighted by atomic mass is 10.1. The second-order valence-corrected chi connectivity index (χ2v) is 5.41. The van der Waals surface area contributed by atoms with Gasteiger partial charge < -0.3 is 10.0 Å². The van der Waals surface area contributed by atoms with Crippen LogP contribution in [0.3, 0.4) is 0 Å². The molecule has 1 aliphatic heterocycles. The Balaban J connectivity index is 1.88. The van der Waals surface area contributed by atoms with Crippen LogP contribution in [0.25, 0.3) is 0 Å². The first-order valence-corrected chi connectivity index (χ1v) is 7.37. The number of nitrogens with zero attached hydrogens (tertiary/aromatic N) is 2. The van der Waals surface area contributed by atoms with Gasteiger partial charge in [-0.15, -0.1) is 0 Å². The molecule has 0 saturated carbocycles. The Labute approximate surface area is 122 Å². The smallest absolute Gasteiger partial charge is 0.0540 e. The zero-order valence-corrected chi connectivity index (χ0v) is 12.3. The van der Waals surface area contributed by atoms with Gasteiger partial charge in [-0.3, -0.25) is 4.90 Å². The van der Waals surface area contributed by atoms with Crippen LogP contribution in [-0.4, -0.2) is 54.7 Å². The van der Waals surface area contributed by atoms with Crippen molar-refractivity contribution in [1.82, 2.24) is 9.80 Å². The van der Waals surface area contributed by atoms with Crippen molar-refractivity contribution in [2.24, 2.45) is 0 Å². The van der Waals surface area contributed by atoms with Crippen molar-refractivity contribution in [3.05, 3.63) is 35.4 Å². The number of aliphatic hydroxyl groups excluding tert-OH is 1. The molecule has 0 spiro atoms. The maximum Gasteiger partial charge on any atom is 0.0540 e. The van der Waals surface area contributed by atoms with E-state index >= 15 is 0 Å². The second-order valence-electron chi connectivity index (χ2n) is 5.41. The van der Waals surface area contributed by atoms with Gasteiger partial charge in [0.15, 0.2) is 0 Å². The summed E-state index contributed by atoms with van der Waals surface area (Å²) in [6.07, 6.45) is 1.80. The fraction of sp³-hybridized carbons (Fsp3) is 0.529. The summed E-state index contributed by atoms with van der Waals surface area (Å²) >= 11 is 0. The highest BCUT2D eigenvalue weighted by Gasteiger charge is 2.11. The molecule has 1 aromatic rings. The summed E-state index contributed by atoms with van der Waals surface area (Å²) in [5.74, 6) is 6.01. The van der Waals surface area contributed by atoms with E-state index in [0.717, 1.165) is 25.2 Å². The maximum atomic E-state index is 8.70. The normalized spacial score (nSPS) is 17.3. The summed E-state index contributed by atoms with van der Waals surface area (Å²) in [6, 6.07) is 8.47. The lowest BCUT2D eigenvalue weighted by molar-refractivity contribution is 0.269. The average molecular weight is 272 g/mol. The molecule has 0 radical (unpaired) electrons. The first kappa shape index (κ1) is 15.1. The van der Waals surface area contributed by atoms with Gasteiger partial charge in [0, 0.05) is 31.6 Å². The summed E-state index contributed by atoms with van der Waals surface area (Å²) in [5, 5.41) is 8.70. The van der Waals surface area contributed by atoms with Gasteiger partial charge in [0.05, 0.1) is 6.61 Å². The highest BCUT2D eigenvalue weighted by molar-refractivity contribution is 5.36. The Kier molecular flexibility index (Phi) is 6.07. The quantitative estimate of drug-likeness (QED) is 0.846. The Morgan fingerprint density at radius 3 is 2.65 bits per heavy atom. The molecule has 0 unspecified atom stereocenters. The predicted octanol–water partition coefficient (Wildman–Crippen LogP) is 1.56. The number of likely N-dealkylation sites (N-methyl/N-ethyl adjacent to an activating group) is 1. The molecule has 1 fully saturated rings. The highest BCUT2D eigenvalue weighted by Crippen LogP contribution is 2.09. The molecule has 0 atom stereocenters. The molecule has 1 aliphatic rings. The number of benzene rings is 1. The van der Waals surface area contributed by atoms with Gasteiger partial charge in [-0.2, -0.15) is 0 Å². The average Bonchev–Trinajstić information content (AvgIpc) is 2.66. The van der Waals surface area contributed by atoms with Gasteiger partial charge in [0.1, 0.15) is 0 Å². The SMILES string of the molecule is CN1CCCN(Cc2ccc(C#CCCO)cc2)CC1. The van der Waals surface area contributed by atoms with Crippen molar-refractivity contribution in [3.63, 3.8) is 0 Å². The third-order valence-electron chi connectivity index (χ3n) is 3.64. The lowest BCUT2D eigenvalue weighted by Gasteiger charge is -2.20. The van der Waals surface area contributed by atoms with Crippen molar-refractivity contribution in [3.8, 4) is 11.8 Å². The molecular formula is C17H24N2O. The number of hydrogen-bond donors (Lipinski definition) is 1. The van der Waals surface area contributed by atoms with Gasteiger partial charge in [-0.25, -0.2) is 0 Å². The standard InChI is InChI=1S/C17H24N2O/c1-18-10-4-11-19(13-12-18)15-17-8-6-16(7-9-17)5-2-3-14-20/h6-9,20H,3-4,10-15H2,1H3. The van der Waals surface area contributed by atoms with Gasteiger partial charge >= 0.3 is 0 Å². The van der Waals surface area contributed by atoms with Gasteiger partial charge in [0.25, 0.3) is 0 Å². The molecule has 3 nitrogen and oxygen atoms in total. The number of aliphatic hydroxyl groups is 1. The van der Waals surface area contributed by atoms with Crippen molar-refractivity contribution in [2.45, 2.75) is 19.4 Å². The minimum absolute atomic E-state index is 0.133. The molecule has 0 bridgehead atoms. The van der Waals surface area contributed by atoms with E-state index < -0.39 is 0 Å². The topological polar surface area (TPSA) is 26.7 Å². The molecule has 1 saturated heterocycles. The van der Waals surface area contributed by atoms with E-state index in [4.69, 9.17) is 5.11 Å². The first-order valence-electron chi connectivity index (χ1n) is 7.37. The molecule has 3 heteroatoms. The van der Waals surface area contributed by atoms with Crippen LogP contribution in [0, 0.1) is 11.8 Å². The van der Waals surface area contributed by atoms with E-state index in [2.05, 4.69) is 53.0 Å². The molecule has 1 heterocycles. The summed E-state index contributed by atoms with van der Waals surface area (Å²) in [4.78, 5) is 4.93. The molecule has 2 rings (SSSR count). The fourth-order valence-corrected chi connectivity index (χ4v) is 2.43. The molecule has 20 heavy (non-hydrogen) atoms. The summed E-state index contributed by atoms with van der Waals surface area (Å²) in [5.41, 5.74) is 2.38. The highest BCUT2D eigenvalue weighted by atomic mass is 16.2. The minimum atomic E-state index is 0.133. The molecule has 1 aromatic carbocycles. The fourth-order valence-electron chi connectivity index (χ4n) is 2.43. The van der Waals surface area contributed by atoms with Gasteiger partial charge in [-0.05, 0) is 44.3 Å². The monoisotopic (exact) mass is 272 g/mol. The third-order valence-corrected chi connectivity index (χ3v) is 3.64. The van der Waals surface area contributed by atoms with E-state index in [0.29, 0.717) is 6.42 Å². The van der Waals surface area contributed by atoms with Crippen LogP contribution in [-0.2, 0) is 6.54 Å². The van der Waals surface area contributed by atoms with Crippen LogP contribution in [0.5, 0.6) is 0 Å². The van der Waals surface area contributed by atoms with Crippen molar-refractivity contribution >= 4 is 0 Å². The summed E-state index contributed by atoms with van der Waals surface area (Å²) in [7, 11) is 2.20. The van der Waals surface area contributed by atoms with E-state index in [1.807, 2.05) is 0 Å². The molecule has 0 aliphatic carbocycles. The number of rotatable bonds is 3. The van der Waals surface area contributed by atoms with E-state index in [1.165, 1.54) is 25.1 Å². The van der Waals surface area contributed by atoms with Crippen LogP contribution < -0.4 is 0 Å². The molecular weight excluding hydrogens is 248 g/mol. The molecule has 0 aromatic heterocycles. The zero-order valence-electron chi connectivity index (χ0n) is 12.3. The van der Waals surface area contributed by atoms with Crippen molar-refractivity contribution in [1.29, 1.82) is 0 Å². The largest absolute Gasteiger partial charge is 0.395 e. The Hall–Kier alpha value is -1.34. The zero-order chi connectivity index (χ0) is 14.2. The third kappa shape index (κ3) is 4.97. The molecule has 108 valence electrons. The molecule has 1 N–H and O–H groups in total. The van der Waals surface area contributed by atoms with Crippen LogP contribution >= 0.6 is 0 Å². The first-order chi connectivity index (χ1) is 9.78. The number of hydrogen-bond acceptors (Lipinski definition) is 3. The summed E-state index contributed by atoms with van der Waals surface area (Å²) in [6.45, 7) is 5.85. The maximum absolute atomic E-state index is 8.70. The van der Waals surface area contributed by atoms with Crippen molar-refractivity contribution < 1.29 is 5.11 Å². The second kappa shape index (κ2) is 8.06. The van der Waals surface area contributed by atoms with E-state index in [1.54, 1.807) is 0 Å². The van der Waals surface area contributed by atoms with Crippen LogP contribution in [0.1, 0.15) is 24.0 Å². The summed E-state index contributed by atoms with van der Waals surface area (Å²) < 4.78 is 0. The molecule has 0 amide bonds. The van der Waals surface area contributed by atoms with Crippen LogP contribution in [0.2, 0.25) is 0 Å². The minimum Gasteiger partial charge on any atom is -0.395 e. The van der Waals surface area contributed by atoms with Gasteiger partial charge in [0.2, 0.25) is 0 Å².